The molecule has 1 fully saturated rings. The van der Waals surface area contributed by atoms with E-state index in [-0.39, 0.29) is 17.5 Å². The predicted octanol–water partition coefficient (Wildman–Crippen LogP) is 2.51. The molecule has 1 aliphatic rings. The van der Waals surface area contributed by atoms with Crippen molar-refractivity contribution >= 4 is 5.91 Å². The fraction of sp³-hybridized carbons (Fsp3) is 0.625. The van der Waals surface area contributed by atoms with E-state index in [9.17, 15) is 9.59 Å². The van der Waals surface area contributed by atoms with Gasteiger partial charge in [0.15, 0.2) is 0 Å². The van der Waals surface area contributed by atoms with E-state index in [0.717, 1.165) is 49.9 Å². The standard InChI is InChI=1S/C16H24N2O2/c1-4-7-12-10-13(15(19)17-14(12)5-2)16(20)18-9-6-8-11(18)3/h10-11H,4-9H2,1-3H3,(H,17,19)/t11-/m0/s1. The molecule has 0 saturated carbocycles. The Kier molecular flexibility index (Phi) is 4.63. The van der Waals surface area contributed by atoms with Crippen LogP contribution < -0.4 is 5.56 Å². The van der Waals surface area contributed by atoms with Gasteiger partial charge in [0.25, 0.3) is 11.5 Å². The summed E-state index contributed by atoms with van der Waals surface area (Å²) < 4.78 is 0. The number of carbonyl (C=O) groups is 1. The number of carbonyl (C=O) groups excluding carboxylic acids is 1. The molecule has 0 radical (unpaired) electrons. The van der Waals surface area contributed by atoms with Crippen molar-refractivity contribution in [2.24, 2.45) is 0 Å². The molecule has 110 valence electrons. The van der Waals surface area contributed by atoms with E-state index in [1.165, 1.54) is 0 Å². The average molecular weight is 276 g/mol. The fourth-order valence-corrected chi connectivity index (χ4v) is 2.97. The summed E-state index contributed by atoms with van der Waals surface area (Å²) >= 11 is 0. The van der Waals surface area contributed by atoms with Crippen molar-refractivity contribution in [2.45, 2.75) is 58.9 Å². The molecule has 0 aliphatic carbocycles. The number of amides is 1. The van der Waals surface area contributed by atoms with E-state index in [0.29, 0.717) is 5.56 Å². The molecule has 1 saturated heterocycles. The minimum Gasteiger partial charge on any atom is -0.336 e. The molecule has 4 heteroatoms. The van der Waals surface area contributed by atoms with Crippen LogP contribution in [-0.4, -0.2) is 28.4 Å². The zero-order valence-electron chi connectivity index (χ0n) is 12.7. The van der Waals surface area contributed by atoms with Crippen molar-refractivity contribution in [3.63, 3.8) is 0 Å². The first-order valence-corrected chi connectivity index (χ1v) is 7.64. The first kappa shape index (κ1) is 14.8. The van der Waals surface area contributed by atoms with Gasteiger partial charge in [-0.15, -0.1) is 0 Å². The lowest BCUT2D eigenvalue weighted by Crippen LogP contribution is -2.37. The maximum absolute atomic E-state index is 12.5. The van der Waals surface area contributed by atoms with Crippen molar-refractivity contribution < 1.29 is 4.79 Å². The van der Waals surface area contributed by atoms with Crippen LogP contribution in [0.15, 0.2) is 10.9 Å². The Hall–Kier alpha value is -1.58. The van der Waals surface area contributed by atoms with Gasteiger partial charge in [0.05, 0.1) is 0 Å². The first-order chi connectivity index (χ1) is 9.58. The van der Waals surface area contributed by atoms with Crippen LogP contribution in [0, 0.1) is 0 Å². The molecule has 2 rings (SSSR count). The lowest BCUT2D eigenvalue weighted by molar-refractivity contribution is 0.0745. The summed E-state index contributed by atoms with van der Waals surface area (Å²) in [4.78, 5) is 29.4. The Labute approximate surface area is 120 Å². The van der Waals surface area contributed by atoms with E-state index in [1.54, 1.807) is 0 Å². The summed E-state index contributed by atoms with van der Waals surface area (Å²) in [7, 11) is 0. The topological polar surface area (TPSA) is 53.2 Å². The third-order valence-corrected chi connectivity index (χ3v) is 4.13. The number of aromatic amines is 1. The van der Waals surface area contributed by atoms with Crippen molar-refractivity contribution in [2.75, 3.05) is 6.54 Å². The minimum atomic E-state index is -0.245. The van der Waals surface area contributed by atoms with Crippen molar-refractivity contribution in [3.05, 3.63) is 33.2 Å². The summed E-state index contributed by atoms with van der Waals surface area (Å²) in [5, 5.41) is 0. The van der Waals surface area contributed by atoms with Gasteiger partial charge in [0.2, 0.25) is 0 Å². The predicted molar refractivity (Wildman–Crippen MR) is 80.2 cm³/mol. The molecule has 0 aromatic carbocycles. The molecule has 1 aromatic heterocycles. The summed E-state index contributed by atoms with van der Waals surface area (Å²) in [6.07, 6.45) is 4.75. The number of hydrogen-bond acceptors (Lipinski definition) is 2. The molecule has 0 unspecified atom stereocenters. The highest BCUT2D eigenvalue weighted by Crippen LogP contribution is 2.19. The molecule has 4 nitrogen and oxygen atoms in total. The minimum absolute atomic E-state index is 0.115. The normalized spacial score (nSPS) is 18.6. The molecule has 1 aliphatic heterocycles. The van der Waals surface area contributed by atoms with E-state index in [2.05, 4.69) is 11.9 Å². The smallest absolute Gasteiger partial charge is 0.261 e. The summed E-state index contributed by atoms with van der Waals surface area (Å²) in [6, 6.07) is 2.05. The third-order valence-electron chi connectivity index (χ3n) is 4.13. The molecular weight excluding hydrogens is 252 g/mol. The maximum atomic E-state index is 12.5. The number of likely N-dealkylation sites (tertiary alicyclic amines) is 1. The van der Waals surface area contributed by atoms with E-state index < -0.39 is 0 Å². The lowest BCUT2D eigenvalue weighted by atomic mass is 10.0. The van der Waals surface area contributed by atoms with Crippen LogP contribution >= 0.6 is 0 Å². The fourth-order valence-electron chi connectivity index (χ4n) is 2.97. The van der Waals surface area contributed by atoms with Crippen molar-refractivity contribution in [1.82, 2.24) is 9.88 Å². The number of nitrogens with zero attached hydrogens (tertiary/aromatic N) is 1. The molecule has 2 heterocycles. The molecule has 1 amide bonds. The Morgan fingerprint density at radius 1 is 1.45 bits per heavy atom. The Morgan fingerprint density at radius 2 is 2.20 bits per heavy atom. The van der Waals surface area contributed by atoms with Gasteiger partial charge < -0.3 is 9.88 Å². The van der Waals surface area contributed by atoms with Gasteiger partial charge in [-0.05, 0) is 44.2 Å². The highest BCUT2D eigenvalue weighted by Gasteiger charge is 2.28. The van der Waals surface area contributed by atoms with Gasteiger partial charge in [-0.1, -0.05) is 20.3 Å². The summed E-state index contributed by atoms with van der Waals surface area (Å²) in [5.74, 6) is -0.115. The number of hydrogen-bond donors (Lipinski definition) is 1. The first-order valence-electron chi connectivity index (χ1n) is 7.64. The van der Waals surface area contributed by atoms with Crippen LogP contribution in [0.3, 0.4) is 0 Å². The van der Waals surface area contributed by atoms with Crippen LogP contribution in [0.25, 0.3) is 0 Å². The Balaban J connectivity index is 2.38. The number of aromatic nitrogens is 1. The van der Waals surface area contributed by atoms with Gasteiger partial charge in [0, 0.05) is 18.3 Å². The Bertz CT molecular complexity index is 548. The zero-order chi connectivity index (χ0) is 14.7. The quantitative estimate of drug-likeness (QED) is 0.918. The van der Waals surface area contributed by atoms with Crippen LogP contribution in [-0.2, 0) is 12.8 Å². The van der Waals surface area contributed by atoms with Crippen LogP contribution in [0.2, 0.25) is 0 Å². The maximum Gasteiger partial charge on any atom is 0.261 e. The molecule has 20 heavy (non-hydrogen) atoms. The molecule has 1 aromatic rings. The zero-order valence-corrected chi connectivity index (χ0v) is 12.7. The number of aryl methyl sites for hydroxylation is 2. The molecule has 1 atom stereocenters. The van der Waals surface area contributed by atoms with Gasteiger partial charge in [0.1, 0.15) is 5.56 Å². The van der Waals surface area contributed by atoms with Gasteiger partial charge in [-0.3, -0.25) is 9.59 Å². The second-order valence-electron chi connectivity index (χ2n) is 5.61. The van der Waals surface area contributed by atoms with Crippen LogP contribution in [0.1, 0.15) is 61.6 Å². The second kappa shape index (κ2) is 6.25. The SMILES string of the molecule is CCCc1cc(C(=O)N2CCC[C@@H]2C)c(=O)[nH]c1CC. The van der Waals surface area contributed by atoms with Crippen LogP contribution in [0.4, 0.5) is 0 Å². The molecule has 0 spiro atoms. The third kappa shape index (κ3) is 2.79. The van der Waals surface area contributed by atoms with E-state index in [1.807, 2.05) is 24.8 Å². The number of pyridine rings is 1. The van der Waals surface area contributed by atoms with E-state index in [4.69, 9.17) is 0 Å². The monoisotopic (exact) mass is 276 g/mol. The summed E-state index contributed by atoms with van der Waals surface area (Å²) in [5.41, 5.74) is 2.12. The highest BCUT2D eigenvalue weighted by molar-refractivity contribution is 5.94. The highest BCUT2D eigenvalue weighted by atomic mass is 16.2. The van der Waals surface area contributed by atoms with Gasteiger partial charge >= 0.3 is 0 Å². The largest absolute Gasteiger partial charge is 0.336 e. The van der Waals surface area contributed by atoms with Crippen LogP contribution in [0.5, 0.6) is 0 Å². The number of H-pyrrole nitrogens is 1. The summed E-state index contributed by atoms with van der Waals surface area (Å²) in [6.45, 7) is 6.94. The lowest BCUT2D eigenvalue weighted by Gasteiger charge is -2.21. The van der Waals surface area contributed by atoms with Crippen molar-refractivity contribution in [3.8, 4) is 0 Å². The molecule has 1 N–H and O–H groups in total. The van der Waals surface area contributed by atoms with Crippen molar-refractivity contribution in [1.29, 1.82) is 0 Å². The average Bonchev–Trinajstić information content (AvgIpc) is 2.86. The molecular formula is C16H24N2O2. The number of nitrogens with one attached hydrogen (secondary N) is 1. The van der Waals surface area contributed by atoms with E-state index >= 15 is 0 Å². The molecule has 0 bridgehead atoms. The second-order valence-corrected chi connectivity index (χ2v) is 5.61. The number of rotatable bonds is 4. The van der Waals surface area contributed by atoms with Gasteiger partial charge in [-0.2, -0.15) is 0 Å². The van der Waals surface area contributed by atoms with Gasteiger partial charge in [-0.25, -0.2) is 0 Å². The Morgan fingerprint density at radius 3 is 2.75 bits per heavy atom.